The molecule has 0 radical (unpaired) electrons. The van der Waals surface area contributed by atoms with E-state index in [2.05, 4.69) is 4.72 Å². The molecule has 0 aliphatic heterocycles. The van der Waals surface area contributed by atoms with Gasteiger partial charge in [-0.05, 0) is 24.8 Å². The first-order chi connectivity index (χ1) is 8.62. The van der Waals surface area contributed by atoms with Crippen molar-refractivity contribution in [3.05, 3.63) is 16.3 Å². The van der Waals surface area contributed by atoms with E-state index in [1.807, 2.05) is 0 Å². The van der Waals surface area contributed by atoms with E-state index in [0.717, 1.165) is 17.7 Å². The SMILES string of the molecule is NCc1cc(S(=O)(=O)NCC2CCCCC2)cs1. The van der Waals surface area contributed by atoms with Gasteiger partial charge in [0.05, 0.1) is 4.90 Å². The molecule has 1 aromatic heterocycles. The third-order valence-electron chi connectivity index (χ3n) is 3.43. The highest BCUT2D eigenvalue weighted by atomic mass is 32.2. The van der Waals surface area contributed by atoms with E-state index in [-0.39, 0.29) is 0 Å². The first-order valence-electron chi connectivity index (χ1n) is 6.39. The van der Waals surface area contributed by atoms with E-state index < -0.39 is 10.0 Å². The predicted octanol–water partition coefficient (Wildman–Crippen LogP) is 2.07. The molecule has 0 unspecified atom stereocenters. The van der Waals surface area contributed by atoms with Crippen LogP contribution in [-0.2, 0) is 16.6 Å². The van der Waals surface area contributed by atoms with Crippen LogP contribution in [0.15, 0.2) is 16.3 Å². The first kappa shape index (κ1) is 14.0. The van der Waals surface area contributed by atoms with Crippen molar-refractivity contribution in [1.29, 1.82) is 0 Å². The Hall–Kier alpha value is -0.430. The van der Waals surface area contributed by atoms with Gasteiger partial charge in [-0.1, -0.05) is 19.3 Å². The Balaban J connectivity index is 1.94. The van der Waals surface area contributed by atoms with Crippen LogP contribution < -0.4 is 10.5 Å². The van der Waals surface area contributed by atoms with Crippen molar-refractivity contribution in [2.24, 2.45) is 11.7 Å². The zero-order valence-electron chi connectivity index (χ0n) is 10.4. The highest BCUT2D eigenvalue weighted by Gasteiger charge is 2.19. The second kappa shape index (κ2) is 6.14. The number of nitrogens with one attached hydrogen (secondary N) is 1. The molecule has 0 aromatic carbocycles. The van der Waals surface area contributed by atoms with Gasteiger partial charge in [0, 0.05) is 23.3 Å². The van der Waals surface area contributed by atoms with Crippen LogP contribution in [0.5, 0.6) is 0 Å². The van der Waals surface area contributed by atoms with Gasteiger partial charge in [-0.25, -0.2) is 13.1 Å². The number of rotatable bonds is 5. The molecule has 2 rings (SSSR count). The van der Waals surface area contributed by atoms with E-state index >= 15 is 0 Å². The maximum absolute atomic E-state index is 12.1. The van der Waals surface area contributed by atoms with Gasteiger partial charge in [0.1, 0.15) is 0 Å². The van der Waals surface area contributed by atoms with Gasteiger partial charge in [0.25, 0.3) is 0 Å². The Morgan fingerprint density at radius 2 is 2.06 bits per heavy atom. The molecule has 18 heavy (non-hydrogen) atoms. The summed E-state index contributed by atoms with van der Waals surface area (Å²) < 4.78 is 26.8. The van der Waals surface area contributed by atoms with Gasteiger partial charge in [0.2, 0.25) is 10.0 Å². The molecule has 0 atom stereocenters. The normalized spacial score (nSPS) is 18.1. The molecule has 1 saturated carbocycles. The summed E-state index contributed by atoms with van der Waals surface area (Å²) in [5.41, 5.74) is 5.49. The van der Waals surface area contributed by atoms with Gasteiger partial charge in [-0.3, -0.25) is 0 Å². The molecule has 1 aliphatic rings. The van der Waals surface area contributed by atoms with Crippen LogP contribution in [-0.4, -0.2) is 15.0 Å². The standard InChI is InChI=1S/C12H20N2O2S2/c13-7-11-6-12(9-17-11)18(15,16)14-8-10-4-2-1-3-5-10/h6,9-10,14H,1-5,7-8,13H2. The number of hydrogen-bond donors (Lipinski definition) is 2. The van der Waals surface area contributed by atoms with Crippen molar-refractivity contribution in [2.75, 3.05) is 6.54 Å². The van der Waals surface area contributed by atoms with E-state index in [4.69, 9.17) is 5.73 Å². The minimum atomic E-state index is -3.34. The molecule has 4 nitrogen and oxygen atoms in total. The van der Waals surface area contributed by atoms with Crippen molar-refractivity contribution >= 4 is 21.4 Å². The summed E-state index contributed by atoms with van der Waals surface area (Å²) in [4.78, 5) is 1.25. The summed E-state index contributed by atoms with van der Waals surface area (Å²) in [6, 6.07) is 1.66. The van der Waals surface area contributed by atoms with Crippen molar-refractivity contribution in [2.45, 2.75) is 43.5 Å². The Labute approximate surface area is 113 Å². The van der Waals surface area contributed by atoms with Crippen LogP contribution in [0.1, 0.15) is 37.0 Å². The average Bonchev–Trinajstić information content (AvgIpc) is 2.87. The fourth-order valence-corrected chi connectivity index (χ4v) is 4.58. The molecular formula is C12H20N2O2S2. The van der Waals surface area contributed by atoms with Crippen molar-refractivity contribution in [3.63, 3.8) is 0 Å². The van der Waals surface area contributed by atoms with E-state index in [9.17, 15) is 8.42 Å². The van der Waals surface area contributed by atoms with E-state index in [1.54, 1.807) is 11.4 Å². The van der Waals surface area contributed by atoms with Gasteiger partial charge in [-0.15, -0.1) is 11.3 Å². The average molecular weight is 288 g/mol. The third kappa shape index (κ3) is 3.54. The van der Waals surface area contributed by atoms with Crippen molar-refractivity contribution in [3.8, 4) is 0 Å². The summed E-state index contributed by atoms with van der Waals surface area (Å²) in [7, 11) is -3.34. The lowest BCUT2D eigenvalue weighted by Crippen LogP contribution is -2.30. The molecule has 0 amide bonds. The number of sulfonamides is 1. The zero-order valence-corrected chi connectivity index (χ0v) is 12.0. The first-order valence-corrected chi connectivity index (χ1v) is 8.75. The Morgan fingerprint density at radius 3 is 2.67 bits per heavy atom. The lowest BCUT2D eigenvalue weighted by atomic mass is 9.90. The maximum atomic E-state index is 12.1. The fraction of sp³-hybridized carbons (Fsp3) is 0.667. The maximum Gasteiger partial charge on any atom is 0.241 e. The van der Waals surface area contributed by atoms with Gasteiger partial charge < -0.3 is 5.73 Å². The molecule has 3 N–H and O–H groups in total. The lowest BCUT2D eigenvalue weighted by Gasteiger charge is -2.21. The molecule has 0 spiro atoms. The molecule has 1 fully saturated rings. The minimum Gasteiger partial charge on any atom is -0.326 e. The predicted molar refractivity (Wildman–Crippen MR) is 74.0 cm³/mol. The van der Waals surface area contributed by atoms with Crippen LogP contribution in [0.25, 0.3) is 0 Å². The molecule has 1 aliphatic carbocycles. The van der Waals surface area contributed by atoms with Crippen LogP contribution >= 0.6 is 11.3 Å². The summed E-state index contributed by atoms with van der Waals surface area (Å²) in [6.07, 6.45) is 6.01. The van der Waals surface area contributed by atoms with Gasteiger partial charge >= 0.3 is 0 Å². The summed E-state index contributed by atoms with van der Waals surface area (Å²) in [5.74, 6) is 0.501. The van der Waals surface area contributed by atoms with Crippen LogP contribution in [0.3, 0.4) is 0 Å². The van der Waals surface area contributed by atoms with Gasteiger partial charge in [0.15, 0.2) is 0 Å². The Morgan fingerprint density at radius 1 is 1.33 bits per heavy atom. The third-order valence-corrected chi connectivity index (χ3v) is 5.94. The Bertz CT molecular complexity index is 476. The molecular weight excluding hydrogens is 268 g/mol. The lowest BCUT2D eigenvalue weighted by molar-refractivity contribution is 0.357. The molecule has 0 bridgehead atoms. The second-order valence-corrected chi connectivity index (χ2v) is 7.57. The van der Waals surface area contributed by atoms with E-state index in [0.29, 0.717) is 23.9 Å². The number of thiophene rings is 1. The summed E-state index contributed by atoms with van der Waals surface area (Å²) in [5, 5.41) is 1.66. The summed E-state index contributed by atoms with van der Waals surface area (Å²) >= 11 is 1.39. The summed E-state index contributed by atoms with van der Waals surface area (Å²) in [6.45, 7) is 0.957. The van der Waals surface area contributed by atoms with Crippen LogP contribution in [0.4, 0.5) is 0 Å². The van der Waals surface area contributed by atoms with Crippen molar-refractivity contribution in [1.82, 2.24) is 4.72 Å². The highest BCUT2D eigenvalue weighted by molar-refractivity contribution is 7.89. The number of hydrogen-bond acceptors (Lipinski definition) is 4. The zero-order chi connectivity index (χ0) is 13.0. The monoisotopic (exact) mass is 288 g/mol. The molecule has 0 saturated heterocycles. The molecule has 1 aromatic rings. The Kier molecular flexibility index (Phi) is 4.77. The minimum absolute atomic E-state index is 0.351. The molecule has 102 valence electrons. The highest BCUT2D eigenvalue weighted by Crippen LogP contribution is 2.24. The largest absolute Gasteiger partial charge is 0.326 e. The fourth-order valence-electron chi connectivity index (χ4n) is 2.31. The smallest absolute Gasteiger partial charge is 0.241 e. The van der Waals surface area contributed by atoms with Crippen LogP contribution in [0, 0.1) is 5.92 Å². The van der Waals surface area contributed by atoms with Crippen LogP contribution in [0.2, 0.25) is 0 Å². The topological polar surface area (TPSA) is 72.2 Å². The quantitative estimate of drug-likeness (QED) is 0.871. The number of nitrogens with two attached hydrogens (primary N) is 1. The second-order valence-electron chi connectivity index (χ2n) is 4.81. The van der Waals surface area contributed by atoms with Gasteiger partial charge in [-0.2, -0.15) is 0 Å². The molecule has 1 heterocycles. The molecule has 6 heteroatoms. The van der Waals surface area contributed by atoms with Crippen molar-refractivity contribution < 1.29 is 8.42 Å². The van der Waals surface area contributed by atoms with E-state index in [1.165, 1.54) is 30.6 Å².